The van der Waals surface area contributed by atoms with Crippen molar-refractivity contribution in [1.29, 1.82) is 0 Å². The van der Waals surface area contributed by atoms with Gasteiger partial charge >= 0.3 is 6.03 Å². The topological polar surface area (TPSA) is 103 Å². The molecule has 2 N–H and O–H groups in total. The van der Waals surface area contributed by atoms with E-state index in [0.29, 0.717) is 29.8 Å². The van der Waals surface area contributed by atoms with E-state index in [1.165, 1.54) is 0 Å². The monoisotopic (exact) mass is 394 g/mol. The van der Waals surface area contributed by atoms with Crippen LogP contribution in [0.4, 0.5) is 10.5 Å². The van der Waals surface area contributed by atoms with Crippen molar-refractivity contribution >= 4 is 11.7 Å². The van der Waals surface area contributed by atoms with Crippen LogP contribution in [0.25, 0.3) is 11.4 Å². The van der Waals surface area contributed by atoms with Crippen molar-refractivity contribution in [2.24, 2.45) is 0 Å². The molecule has 29 heavy (non-hydrogen) atoms. The second-order valence-corrected chi connectivity index (χ2v) is 6.75. The Hall–Kier alpha value is -3.62. The fourth-order valence-corrected chi connectivity index (χ4v) is 3.00. The van der Waals surface area contributed by atoms with Gasteiger partial charge in [-0.15, -0.1) is 5.10 Å². The van der Waals surface area contributed by atoms with Crippen molar-refractivity contribution in [2.45, 2.75) is 25.4 Å². The van der Waals surface area contributed by atoms with Crippen LogP contribution in [0.2, 0.25) is 0 Å². The summed E-state index contributed by atoms with van der Waals surface area (Å²) in [4.78, 5) is 12.2. The lowest BCUT2D eigenvalue weighted by Gasteiger charge is -2.11. The second kappa shape index (κ2) is 8.17. The lowest BCUT2D eigenvalue weighted by molar-refractivity contribution is 0.251. The van der Waals surface area contributed by atoms with Gasteiger partial charge in [-0.2, -0.15) is 0 Å². The molecule has 150 valence electrons. The van der Waals surface area contributed by atoms with Crippen LogP contribution in [-0.2, 0) is 6.54 Å². The number of hydrogen-bond donors (Lipinski definition) is 2. The number of rotatable bonds is 7. The highest BCUT2D eigenvalue weighted by Gasteiger charge is 2.28. The molecule has 0 radical (unpaired) electrons. The molecular weight excluding hydrogens is 372 g/mol. The Bertz CT molecular complexity index is 998. The van der Waals surface area contributed by atoms with E-state index in [9.17, 15) is 4.79 Å². The minimum Gasteiger partial charge on any atom is -0.493 e. The zero-order chi connectivity index (χ0) is 20.2. The standard InChI is InChI=1S/C20H22N6O3/c1-28-17-10-3-13(11-18(17)29-2)12-21-20(27)22-15-6-4-14(5-7-15)19-23-24-25-26(19)16-8-9-16/h3-7,10-11,16H,8-9,12H2,1-2H3,(H2,21,22,27). The van der Waals surface area contributed by atoms with Gasteiger partial charge in [0.25, 0.3) is 0 Å². The van der Waals surface area contributed by atoms with Gasteiger partial charge in [0.05, 0.1) is 20.3 Å². The quantitative estimate of drug-likeness (QED) is 0.638. The van der Waals surface area contributed by atoms with E-state index in [1.54, 1.807) is 14.2 Å². The van der Waals surface area contributed by atoms with Crippen LogP contribution in [0.15, 0.2) is 42.5 Å². The maximum absolute atomic E-state index is 12.2. The molecule has 1 heterocycles. The Morgan fingerprint density at radius 1 is 1.10 bits per heavy atom. The molecule has 0 atom stereocenters. The first kappa shape index (κ1) is 18.7. The molecular formula is C20H22N6O3. The van der Waals surface area contributed by atoms with Gasteiger partial charge in [0.2, 0.25) is 0 Å². The van der Waals surface area contributed by atoms with Gasteiger partial charge in [-0.05, 0) is 65.2 Å². The van der Waals surface area contributed by atoms with E-state index in [-0.39, 0.29) is 6.03 Å². The van der Waals surface area contributed by atoms with Crippen molar-refractivity contribution in [3.05, 3.63) is 48.0 Å². The van der Waals surface area contributed by atoms with Crippen LogP contribution in [0.1, 0.15) is 24.4 Å². The predicted octanol–water partition coefficient (Wildman–Crippen LogP) is 3.01. The van der Waals surface area contributed by atoms with Gasteiger partial charge in [0.1, 0.15) is 0 Å². The summed E-state index contributed by atoms with van der Waals surface area (Å²) in [5, 5.41) is 17.6. The number of amides is 2. The van der Waals surface area contributed by atoms with Crippen LogP contribution in [0, 0.1) is 0 Å². The molecule has 1 aliphatic rings. The van der Waals surface area contributed by atoms with Crippen LogP contribution in [-0.4, -0.2) is 40.5 Å². The molecule has 2 amide bonds. The van der Waals surface area contributed by atoms with E-state index in [4.69, 9.17) is 9.47 Å². The molecule has 1 aliphatic carbocycles. The summed E-state index contributed by atoms with van der Waals surface area (Å²) in [6.45, 7) is 0.362. The molecule has 0 bridgehead atoms. The number of urea groups is 1. The summed E-state index contributed by atoms with van der Waals surface area (Å²) < 4.78 is 12.4. The number of nitrogens with zero attached hydrogens (tertiary/aromatic N) is 4. The summed E-state index contributed by atoms with van der Waals surface area (Å²) in [6.07, 6.45) is 2.22. The minimum absolute atomic E-state index is 0.296. The van der Waals surface area contributed by atoms with Crippen LogP contribution < -0.4 is 20.1 Å². The molecule has 0 unspecified atom stereocenters. The molecule has 2 aromatic carbocycles. The molecule has 4 rings (SSSR count). The lowest BCUT2D eigenvalue weighted by Crippen LogP contribution is -2.28. The highest BCUT2D eigenvalue weighted by atomic mass is 16.5. The van der Waals surface area contributed by atoms with Gasteiger partial charge < -0.3 is 20.1 Å². The Labute approximate surface area is 168 Å². The third-order valence-electron chi connectivity index (χ3n) is 4.69. The number of tetrazole rings is 1. The predicted molar refractivity (Wildman–Crippen MR) is 107 cm³/mol. The van der Waals surface area contributed by atoms with Crippen molar-refractivity contribution in [2.75, 3.05) is 19.5 Å². The van der Waals surface area contributed by atoms with Crippen molar-refractivity contribution in [1.82, 2.24) is 25.5 Å². The Balaban J connectivity index is 1.34. The van der Waals surface area contributed by atoms with E-state index >= 15 is 0 Å². The summed E-state index contributed by atoms with van der Waals surface area (Å²) in [7, 11) is 3.16. The SMILES string of the molecule is COc1ccc(CNC(=O)Nc2ccc(-c3nnnn3C3CC3)cc2)cc1OC. The molecule has 0 aliphatic heterocycles. The number of anilines is 1. The zero-order valence-corrected chi connectivity index (χ0v) is 16.3. The fraction of sp³-hybridized carbons (Fsp3) is 0.300. The lowest BCUT2D eigenvalue weighted by atomic mass is 10.2. The maximum atomic E-state index is 12.2. The van der Waals surface area contributed by atoms with E-state index < -0.39 is 0 Å². The number of nitrogens with one attached hydrogen (secondary N) is 2. The van der Waals surface area contributed by atoms with E-state index in [0.717, 1.165) is 29.8 Å². The van der Waals surface area contributed by atoms with E-state index in [2.05, 4.69) is 26.2 Å². The molecule has 9 heteroatoms. The average Bonchev–Trinajstić information content (AvgIpc) is 3.49. The van der Waals surface area contributed by atoms with Crippen LogP contribution >= 0.6 is 0 Å². The first-order chi connectivity index (χ1) is 14.2. The number of hydrogen-bond acceptors (Lipinski definition) is 6. The first-order valence-electron chi connectivity index (χ1n) is 9.32. The Morgan fingerprint density at radius 3 is 2.55 bits per heavy atom. The smallest absolute Gasteiger partial charge is 0.319 e. The first-order valence-corrected chi connectivity index (χ1v) is 9.32. The Morgan fingerprint density at radius 2 is 1.86 bits per heavy atom. The third-order valence-corrected chi connectivity index (χ3v) is 4.69. The van der Waals surface area contributed by atoms with Gasteiger partial charge in [-0.3, -0.25) is 0 Å². The van der Waals surface area contributed by atoms with Gasteiger partial charge in [-0.1, -0.05) is 6.07 Å². The summed E-state index contributed by atoms with van der Waals surface area (Å²) in [5.41, 5.74) is 2.50. The summed E-state index contributed by atoms with van der Waals surface area (Å²) >= 11 is 0. The van der Waals surface area contributed by atoms with Crippen molar-refractivity contribution in [3.63, 3.8) is 0 Å². The van der Waals surface area contributed by atoms with Crippen LogP contribution in [0.5, 0.6) is 11.5 Å². The molecule has 1 fully saturated rings. The zero-order valence-electron chi connectivity index (χ0n) is 16.3. The van der Waals surface area contributed by atoms with E-state index in [1.807, 2.05) is 47.1 Å². The molecule has 1 saturated carbocycles. The molecule has 0 saturated heterocycles. The fourth-order valence-electron chi connectivity index (χ4n) is 3.00. The third kappa shape index (κ3) is 4.29. The van der Waals surface area contributed by atoms with Gasteiger partial charge in [0, 0.05) is 17.8 Å². The average molecular weight is 394 g/mol. The number of methoxy groups -OCH3 is 2. The largest absolute Gasteiger partial charge is 0.493 e. The molecule has 1 aromatic heterocycles. The van der Waals surface area contributed by atoms with Crippen LogP contribution in [0.3, 0.4) is 0 Å². The van der Waals surface area contributed by atoms with Gasteiger partial charge in [-0.25, -0.2) is 9.48 Å². The minimum atomic E-state index is -0.296. The molecule has 0 spiro atoms. The summed E-state index contributed by atoms with van der Waals surface area (Å²) in [6, 6.07) is 13.1. The molecule has 3 aromatic rings. The number of carbonyl (C=O) groups excluding carboxylic acids is 1. The number of aromatic nitrogens is 4. The van der Waals surface area contributed by atoms with Gasteiger partial charge in [0.15, 0.2) is 17.3 Å². The molecule has 9 nitrogen and oxygen atoms in total. The second-order valence-electron chi connectivity index (χ2n) is 6.75. The highest BCUT2D eigenvalue weighted by molar-refractivity contribution is 5.89. The van der Waals surface area contributed by atoms with Crippen molar-refractivity contribution in [3.8, 4) is 22.9 Å². The normalized spacial score (nSPS) is 13.0. The van der Waals surface area contributed by atoms with Crippen molar-refractivity contribution < 1.29 is 14.3 Å². The number of carbonyl (C=O) groups is 1. The highest BCUT2D eigenvalue weighted by Crippen LogP contribution is 2.36. The summed E-state index contributed by atoms with van der Waals surface area (Å²) in [5.74, 6) is 2.02. The Kier molecular flexibility index (Phi) is 5.28. The maximum Gasteiger partial charge on any atom is 0.319 e. The number of benzene rings is 2. The number of ether oxygens (including phenoxy) is 2.